The van der Waals surface area contributed by atoms with Crippen LogP contribution >= 0.6 is 12.2 Å². The molecule has 0 unspecified atom stereocenters. The minimum Gasteiger partial charge on any atom is -0.361 e. The Morgan fingerprint density at radius 1 is 1.33 bits per heavy atom. The number of aromatic nitrogens is 2. The number of benzene rings is 1. The first-order valence-electron chi connectivity index (χ1n) is 8.98. The van der Waals surface area contributed by atoms with Crippen molar-refractivity contribution in [3.05, 3.63) is 39.9 Å². The Balaban J connectivity index is 1.60. The van der Waals surface area contributed by atoms with Gasteiger partial charge in [0, 0.05) is 25.1 Å². The van der Waals surface area contributed by atoms with Crippen molar-refractivity contribution >= 4 is 34.1 Å². The van der Waals surface area contributed by atoms with Crippen molar-refractivity contribution in [3.8, 4) is 0 Å². The van der Waals surface area contributed by atoms with E-state index in [0.717, 1.165) is 38.2 Å². The van der Waals surface area contributed by atoms with E-state index in [9.17, 15) is 9.59 Å². The molecule has 1 aromatic heterocycles. The van der Waals surface area contributed by atoms with Crippen LogP contribution in [0.3, 0.4) is 0 Å². The standard InChI is InChI=1S/C18H24N6O2S/c1-23(2)9-4-8-19-18(27)22-21-16(25)12-6-7-13-14(11-12)20-15-5-3-10-24(15)17(13)26/h6-7,11H,3-5,8-10H2,1-2H3,(H,21,25)(H2,19,22,27). The van der Waals surface area contributed by atoms with E-state index in [1.807, 2.05) is 14.1 Å². The maximum Gasteiger partial charge on any atom is 0.269 e. The highest BCUT2D eigenvalue weighted by atomic mass is 32.1. The lowest BCUT2D eigenvalue weighted by molar-refractivity contribution is 0.0944. The average molecular weight is 388 g/mol. The molecule has 8 nitrogen and oxygen atoms in total. The number of hydrogen-bond acceptors (Lipinski definition) is 5. The molecule has 0 spiro atoms. The maximum atomic E-state index is 12.5. The van der Waals surface area contributed by atoms with Crippen LogP contribution in [-0.2, 0) is 13.0 Å². The molecule has 1 aliphatic heterocycles. The third kappa shape index (κ3) is 4.61. The number of carbonyl (C=O) groups is 1. The molecular formula is C18H24N6O2S. The van der Waals surface area contributed by atoms with Gasteiger partial charge in [0.2, 0.25) is 0 Å². The van der Waals surface area contributed by atoms with Gasteiger partial charge in [0.25, 0.3) is 11.5 Å². The van der Waals surface area contributed by atoms with Crippen molar-refractivity contribution < 1.29 is 4.79 Å². The minimum absolute atomic E-state index is 0.0410. The van der Waals surface area contributed by atoms with E-state index in [-0.39, 0.29) is 11.5 Å². The summed E-state index contributed by atoms with van der Waals surface area (Å²) in [6.07, 6.45) is 2.66. The van der Waals surface area contributed by atoms with Gasteiger partial charge in [-0.2, -0.15) is 0 Å². The van der Waals surface area contributed by atoms with Gasteiger partial charge in [-0.1, -0.05) is 0 Å². The first-order chi connectivity index (χ1) is 13.0. The maximum absolute atomic E-state index is 12.5. The number of nitrogens with zero attached hydrogens (tertiary/aromatic N) is 3. The Kier molecular flexibility index (Phi) is 6.02. The number of carbonyl (C=O) groups excluding carboxylic acids is 1. The highest BCUT2D eigenvalue weighted by molar-refractivity contribution is 7.80. The third-order valence-electron chi connectivity index (χ3n) is 4.44. The molecular weight excluding hydrogens is 364 g/mol. The SMILES string of the molecule is CN(C)CCCNC(=S)NNC(=O)c1ccc2c(=O)n3c(nc2c1)CCC3. The summed E-state index contributed by atoms with van der Waals surface area (Å²) >= 11 is 5.14. The Labute approximate surface area is 162 Å². The van der Waals surface area contributed by atoms with E-state index in [1.54, 1.807) is 22.8 Å². The van der Waals surface area contributed by atoms with Crippen LogP contribution in [0.1, 0.15) is 29.0 Å². The van der Waals surface area contributed by atoms with Gasteiger partial charge in [0.05, 0.1) is 10.9 Å². The van der Waals surface area contributed by atoms with E-state index in [2.05, 4.69) is 26.1 Å². The average Bonchev–Trinajstić information content (AvgIpc) is 3.11. The van der Waals surface area contributed by atoms with Gasteiger partial charge in [-0.3, -0.25) is 25.0 Å². The van der Waals surface area contributed by atoms with Gasteiger partial charge in [-0.25, -0.2) is 4.98 Å². The Bertz CT molecular complexity index is 924. The Hall–Kier alpha value is -2.52. The molecule has 0 bridgehead atoms. The van der Waals surface area contributed by atoms with Crippen LogP contribution in [0.5, 0.6) is 0 Å². The smallest absolute Gasteiger partial charge is 0.269 e. The molecule has 3 N–H and O–H groups in total. The zero-order chi connectivity index (χ0) is 19.4. The fourth-order valence-corrected chi connectivity index (χ4v) is 3.21. The fraction of sp³-hybridized carbons (Fsp3) is 0.444. The molecule has 0 radical (unpaired) electrons. The van der Waals surface area contributed by atoms with Crippen LogP contribution in [0.2, 0.25) is 0 Å². The summed E-state index contributed by atoms with van der Waals surface area (Å²) in [6.45, 7) is 2.38. The number of fused-ring (bicyclic) bond motifs is 2. The van der Waals surface area contributed by atoms with Gasteiger partial charge in [0.1, 0.15) is 5.82 Å². The molecule has 27 heavy (non-hydrogen) atoms. The van der Waals surface area contributed by atoms with E-state index < -0.39 is 0 Å². The van der Waals surface area contributed by atoms with Crippen molar-refractivity contribution in [2.24, 2.45) is 0 Å². The molecule has 2 heterocycles. The third-order valence-corrected chi connectivity index (χ3v) is 4.68. The summed E-state index contributed by atoms with van der Waals surface area (Å²) in [4.78, 5) is 31.4. The first-order valence-corrected chi connectivity index (χ1v) is 9.39. The molecule has 1 aromatic carbocycles. The number of rotatable bonds is 5. The van der Waals surface area contributed by atoms with Gasteiger partial charge >= 0.3 is 0 Å². The Morgan fingerprint density at radius 3 is 2.93 bits per heavy atom. The number of nitrogens with one attached hydrogen (secondary N) is 3. The number of hydrazine groups is 1. The lowest BCUT2D eigenvalue weighted by Gasteiger charge is -2.13. The molecule has 1 aliphatic rings. The van der Waals surface area contributed by atoms with Crippen LogP contribution in [0.25, 0.3) is 10.9 Å². The van der Waals surface area contributed by atoms with Crippen LogP contribution in [-0.4, -0.2) is 52.7 Å². The zero-order valence-corrected chi connectivity index (χ0v) is 16.4. The van der Waals surface area contributed by atoms with Crippen molar-refractivity contribution in [2.75, 3.05) is 27.2 Å². The zero-order valence-electron chi connectivity index (χ0n) is 15.5. The summed E-state index contributed by atoms with van der Waals surface area (Å²) in [5.41, 5.74) is 6.18. The highest BCUT2D eigenvalue weighted by Gasteiger charge is 2.17. The van der Waals surface area contributed by atoms with Gasteiger partial charge < -0.3 is 10.2 Å². The highest BCUT2D eigenvalue weighted by Crippen LogP contribution is 2.16. The molecule has 1 amide bonds. The molecule has 0 saturated heterocycles. The second-order valence-electron chi connectivity index (χ2n) is 6.81. The van der Waals surface area contributed by atoms with E-state index in [4.69, 9.17) is 12.2 Å². The number of aryl methyl sites for hydroxylation is 1. The molecule has 2 aromatic rings. The van der Waals surface area contributed by atoms with Crippen LogP contribution in [0, 0.1) is 0 Å². The fourth-order valence-electron chi connectivity index (χ4n) is 3.05. The van der Waals surface area contributed by atoms with Crippen molar-refractivity contribution in [1.29, 1.82) is 0 Å². The predicted octanol–water partition coefficient (Wildman–Crippen LogP) is 0.403. The minimum atomic E-state index is -0.336. The molecule has 144 valence electrons. The molecule has 0 atom stereocenters. The summed E-state index contributed by atoms with van der Waals surface area (Å²) in [5.74, 6) is 0.447. The van der Waals surface area contributed by atoms with E-state index in [0.29, 0.717) is 28.1 Å². The van der Waals surface area contributed by atoms with Gasteiger partial charge in [-0.15, -0.1) is 0 Å². The number of thiocarbonyl (C=S) groups is 1. The summed E-state index contributed by atoms with van der Waals surface area (Å²) in [5, 5.41) is 3.92. The topological polar surface area (TPSA) is 91.3 Å². The summed E-state index contributed by atoms with van der Waals surface area (Å²) in [6, 6.07) is 4.92. The molecule has 0 fully saturated rings. The summed E-state index contributed by atoms with van der Waals surface area (Å²) in [7, 11) is 4.02. The van der Waals surface area contributed by atoms with E-state index in [1.165, 1.54) is 0 Å². The molecule has 0 aliphatic carbocycles. The summed E-state index contributed by atoms with van der Waals surface area (Å²) < 4.78 is 1.71. The molecule has 9 heteroatoms. The largest absolute Gasteiger partial charge is 0.361 e. The lowest BCUT2D eigenvalue weighted by atomic mass is 10.1. The van der Waals surface area contributed by atoms with Crippen molar-refractivity contribution in [3.63, 3.8) is 0 Å². The van der Waals surface area contributed by atoms with Gasteiger partial charge in [0.15, 0.2) is 5.11 Å². The van der Waals surface area contributed by atoms with Crippen LogP contribution in [0.15, 0.2) is 23.0 Å². The normalized spacial score (nSPS) is 12.9. The second kappa shape index (κ2) is 8.45. The number of amides is 1. The first kappa shape index (κ1) is 19.2. The second-order valence-corrected chi connectivity index (χ2v) is 7.22. The molecule has 3 rings (SSSR count). The van der Waals surface area contributed by atoms with E-state index >= 15 is 0 Å². The number of hydrogen-bond donors (Lipinski definition) is 3. The van der Waals surface area contributed by atoms with Crippen molar-refractivity contribution in [2.45, 2.75) is 25.8 Å². The molecule has 0 saturated carbocycles. The van der Waals surface area contributed by atoms with Crippen LogP contribution in [0.4, 0.5) is 0 Å². The predicted molar refractivity (Wildman–Crippen MR) is 109 cm³/mol. The quantitative estimate of drug-likeness (QED) is 0.388. The lowest BCUT2D eigenvalue weighted by Crippen LogP contribution is -2.47. The van der Waals surface area contributed by atoms with Gasteiger partial charge in [-0.05, 0) is 63.9 Å². The van der Waals surface area contributed by atoms with Crippen LogP contribution < -0.4 is 21.7 Å². The monoisotopic (exact) mass is 388 g/mol. The van der Waals surface area contributed by atoms with Crippen molar-refractivity contribution in [1.82, 2.24) is 30.6 Å². The Morgan fingerprint density at radius 2 is 2.15 bits per heavy atom.